The minimum absolute atomic E-state index is 0. The molecule has 1 aromatic carbocycles. The van der Waals surface area contributed by atoms with Crippen LogP contribution in [0.1, 0.15) is 13.8 Å². The number of amides is 1. The summed E-state index contributed by atoms with van der Waals surface area (Å²) in [5, 5.41) is 4.32. The highest BCUT2D eigenvalue weighted by Gasteiger charge is 2.20. The van der Waals surface area contributed by atoms with Gasteiger partial charge in [-0.05, 0) is 26.0 Å². The predicted molar refractivity (Wildman–Crippen MR) is 119 cm³/mol. The number of fused-ring (bicyclic) bond motifs is 3. The van der Waals surface area contributed by atoms with E-state index in [1.165, 1.54) is 0 Å². The molecule has 2 N–H and O–H groups in total. The molecule has 0 radical (unpaired) electrons. The zero-order valence-corrected chi connectivity index (χ0v) is 17.5. The molecule has 1 amide bonds. The fraction of sp³-hybridized carbons (Fsp3) is 0.381. The highest BCUT2D eigenvalue weighted by atomic mass is 35.5. The van der Waals surface area contributed by atoms with E-state index in [1.54, 1.807) is 18.3 Å². The maximum Gasteiger partial charge on any atom is 0.256 e. The van der Waals surface area contributed by atoms with Crippen molar-refractivity contribution in [1.29, 1.82) is 0 Å². The Morgan fingerprint density at radius 3 is 2.55 bits per heavy atom. The predicted octanol–water partition coefficient (Wildman–Crippen LogP) is 2.46. The van der Waals surface area contributed by atoms with Crippen LogP contribution in [0.5, 0.6) is 0 Å². The summed E-state index contributed by atoms with van der Waals surface area (Å²) in [7, 11) is 0. The Morgan fingerprint density at radius 1 is 1.17 bits per heavy atom. The van der Waals surface area contributed by atoms with E-state index in [4.69, 9.17) is 0 Å². The van der Waals surface area contributed by atoms with E-state index in [0.29, 0.717) is 29.2 Å². The largest absolute Gasteiger partial charge is 0.324 e. The molecule has 3 aromatic rings. The van der Waals surface area contributed by atoms with Gasteiger partial charge in [0.25, 0.3) is 5.56 Å². The maximum atomic E-state index is 12.4. The van der Waals surface area contributed by atoms with Crippen molar-refractivity contribution in [1.82, 2.24) is 19.8 Å². The normalized spacial score (nSPS) is 15.6. The van der Waals surface area contributed by atoms with E-state index >= 15 is 0 Å². The molecule has 2 aromatic heterocycles. The standard InChI is InChI=1S/C21H25N5O2.ClH/c1-14(2)26-9-7-25(8-10-26)13-19(27)23-15-11-18-20(22-12-15)16-5-3-4-6-17(16)21(28)24-18;/h3-6,11-12,14H,7-10,13H2,1-2H3,(H,23,27)(H,24,28);1H. The highest BCUT2D eigenvalue weighted by molar-refractivity contribution is 6.04. The Morgan fingerprint density at radius 2 is 1.86 bits per heavy atom. The molecule has 154 valence electrons. The van der Waals surface area contributed by atoms with Crippen molar-refractivity contribution >= 4 is 45.8 Å². The topological polar surface area (TPSA) is 81.3 Å². The van der Waals surface area contributed by atoms with Gasteiger partial charge >= 0.3 is 0 Å². The molecule has 0 spiro atoms. The molecule has 3 heterocycles. The first-order valence-electron chi connectivity index (χ1n) is 9.68. The first-order valence-corrected chi connectivity index (χ1v) is 9.68. The van der Waals surface area contributed by atoms with Crippen LogP contribution >= 0.6 is 12.4 Å². The minimum atomic E-state index is -0.156. The molecule has 0 aliphatic carbocycles. The quantitative estimate of drug-likeness (QED) is 0.640. The van der Waals surface area contributed by atoms with Gasteiger partial charge in [0.1, 0.15) is 0 Å². The third-order valence-corrected chi connectivity index (χ3v) is 5.35. The Balaban J connectivity index is 0.00000240. The fourth-order valence-corrected chi connectivity index (χ4v) is 3.76. The number of carbonyl (C=O) groups is 1. The molecule has 8 heteroatoms. The van der Waals surface area contributed by atoms with Crippen LogP contribution in [0.3, 0.4) is 0 Å². The summed E-state index contributed by atoms with van der Waals surface area (Å²) in [5.41, 5.74) is 1.77. The van der Waals surface area contributed by atoms with Gasteiger partial charge in [0.2, 0.25) is 5.91 Å². The lowest BCUT2D eigenvalue weighted by molar-refractivity contribution is -0.117. The summed E-state index contributed by atoms with van der Waals surface area (Å²) in [6, 6.07) is 9.69. The smallest absolute Gasteiger partial charge is 0.256 e. The van der Waals surface area contributed by atoms with Crippen LogP contribution in [-0.2, 0) is 4.79 Å². The van der Waals surface area contributed by atoms with Gasteiger partial charge < -0.3 is 10.3 Å². The van der Waals surface area contributed by atoms with Crippen LogP contribution < -0.4 is 10.9 Å². The third kappa shape index (κ3) is 4.58. The minimum Gasteiger partial charge on any atom is -0.324 e. The Labute approximate surface area is 175 Å². The summed E-state index contributed by atoms with van der Waals surface area (Å²) >= 11 is 0. The van der Waals surface area contributed by atoms with Crippen molar-refractivity contribution in [2.75, 3.05) is 38.0 Å². The number of hydrogen-bond acceptors (Lipinski definition) is 5. The number of hydrogen-bond donors (Lipinski definition) is 2. The molecular weight excluding hydrogens is 390 g/mol. The van der Waals surface area contributed by atoms with Crippen LogP contribution in [0.25, 0.3) is 21.8 Å². The number of nitrogens with zero attached hydrogens (tertiary/aromatic N) is 3. The number of halogens is 1. The number of pyridine rings is 2. The molecule has 29 heavy (non-hydrogen) atoms. The number of benzene rings is 1. The van der Waals surface area contributed by atoms with Gasteiger partial charge in [-0.1, -0.05) is 18.2 Å². The molecule has 7 nitrogen and oxygen atoms in total. The number of aromatic nitrogens is 2. The second-order valence-corrected chi connectivity index (χ2v) is 7.57. The molecule has 1 saturated heterocycles. The average Bonchev–Trinajstić information content (AvgIpc) is 2.68. The zero-order chi connectivity index (χ0) is 19.7. The number of nitrogens with one attached hydrogen (secondary N) is 2. The summed E-state index contributed by atoms with van der Waals surface area (Å²) in [6.45, 7) is 8.50. The average molecular weight is 416 g/mol. The molecule has 0 atom stereocenters. The van der Waals surface area contributed by atoms with E-state index in [-0.39, 0.29) is 23.9 Å². The SMILES string of the molecule is CC(C)N1CCN(CC(=O)Nc2cnc3c(c2)[nH]c(=O)c2ccccc23)CC1.Cl. The third-order valence-electron chi connectivity index (χ3n) is 5.35. The zero-order valence-electron chi connectivity index (χ0n) is 16.6. The van der Waals surface area contributed by atoms with Gasteiger partial charge in [-0.3, -0.25) is 24.4 Å². The molecule has 4 rings (SSSR count). The molecule has 1 fully saturated rings. The second kappa shape index (κ2) is 8.90. The second-order valence-electron chi connectivity index (χ2n) is 7.57. The van der Waals surface area contributed by atoms with E-state index in [9.17, 15) is 9.59 Å². The van der Waals surface area contributed by atoms with Crippen molar-refractivity contribution in [2.24, 2.45) is 0 Å². The van der Waals surface area contributed by atoms with E-state index in [0.717, 1.165) is 37.1 Å². The number of anilines is 1. The maximum absolute atomic E-state index is 12.4. The Hall–Kier alpha value is -2.48. The Bertz CT molecular complexity index is 1070. The highest BCUT2D eigenvalue weighted by Crippen LogP contribution is 2.21. The lowest BCUT2D eigenvalue weighted by Crippen LogP contribution is -2.50. The van der Waals surface area contributed by atoms with Crippen LogP contribution in [0, 0.1) is 0 Å². The van der Waals surface area contributed by atoms with Crippen molar-refractivity contribution in [3.05, 3.63) is 46.9 Å². The lowest BCUT2D eigenvalue weighted by atomic mass is 10.1. The summed E-state index contributed by atoms with van der Waals surface area (Å²) in [6.07, 6.45) is 1.64. The number of carbonyl (C=O) groups excluding carboxylic acids is 1. The van der Waals surface area contributed by atoms with Crippen molar-refractivity contribution in [3.63, 3.8) is 0 Å². The number of aromatic amines is 1. The van der Waals surface area contributed by atoms with Gasteiger partial charge in [0.15, 0.2) is 0 Å². The van der Waals surface area contributed by atoms with Crippen LogP contribution in [0.4, 0.5) is 5.69 Å². The van der Waals surface area contributed by atoms with E-state index < -0.39 is 0 Å². The van der Waals surface area contributed by atoms with Gasteiger partial charge in [0.05, 0.1) is 29.5 Å². The van der Waals surface area contributed by atoms with Crippen molar-refractivity contribution < 1.29 is 4.79 Å². The number of piperazine rings is 1. The lowest BCUT2D eigenvalue weighted by Gasteiger charge is -2.36. The van der Waals surface area contributed by atoms with Gasteiger partial charge in [0, 0.05) is 43.0 Å². The van der Waals surface area contributed by atoms with Gasteiger partial charge in [-0.25, -0.2) is 0 Å². The van der Waals surface area contributed by atoms with Crippen molar-refractivity contribution in [3.8, 4) is 0 Å². The first kappa shape index (κ1) is 21.2. The summed E-state index contributed by atoms with van der Waals surface area (Å²) in [4.78, 5) is 36.6. The van der Waals surface area contributed by atoms with Crippen LogP contribution in [0.2, 0.25) is 0 Å². The number of rotatable bonds is 4. The van der Waals surface area contributed by atoms with Gasteiger partial charge in [-0.15, -0.1) is 12.4 Å². The van der Waals surface area contributed by atoms with Crippen LogP contribution in [0.15, 0.2) is 41.3 Å². The summed E-state index contributed by atoms with van der Waals surface area (Å²) in [5.74, 6) is -0.0673. The van der Waals surface area contributed by atoms with Gasteiger partial charge in [-0.2, -0.15) is 0 Å². The number of H-pyrrole nitrogens is 1. The first-order chi connectivity index (χ1) is 13.5. The molecule has 0 unspecified atom stereocenters. The van der Waals surface area contributed by atoms with Crippen LogP contribution in [-0.4, -0.2) is 64.4 Å². The van der Waals surface area contributed by atoms with Crippen molar-refractivity contribution in [2.45, 2.75) is 19.9 Å². The molecule has 0 bridgehead atoms. The van der Waals surface area contributed by atoms with E-state index in [1.807, 2.05) is 18.2 Å². The Kier molecular flexibility index (Phi) is 6.52. The molecule has 0 saturated carbocycles. The molecule has 1 aliphatic heterocycles. The summed E-state index contributed by atoms with van der Waals surface area (Å²) < 4.78 is 0. The molecule has 1 aliphatic rings. The monoisotopic (exact) mass is 415 g/mol. The fourth-order valence-electron chi connectivity index (χ4n) is 3.76. The van der Waals surface area contributed by atoms with E-state index in [2.05, 4.69) is 38.9 Å². The molecular formula is C21H26ClN5O2.